The molecule has 2 aromatic rings. The number of hydrogen-bond acceptors (Lipinski definition) is 3. The molecule has 1 unspecified atom stereocenters. The van der Waals surface area contributed by atoms with Crippen LogP contribution in [0, 0.1) is 0 Å². The lowest BCUT2D eigenvalue weighted by Crippen LogP contribution is -2.43. The van der Waals surface area contributed by atoms with Crippen LogP contribution in [0.25, 0.3) is 10.9 Å². The number of hydrogen-bond donors (Lipinski definition) is 2. The number of benzene rings is 1. The Morgan fingerprint density at radius 3 is 2.83 bits per heavy atom. The van der Waals surface area contributed by atoms with Gasteiger partial charge in [0, 0.05) is 24.6 Å². The van der Waals surface area contributed by atoms with E-state index in [-0.39, 0.29) is 35.5 Å². The molecule has 1 saturated heterocycles. The highest BCUT2D eigenvalue weighted by Crippen LogP contribution is 2.15. The molecule has 2 heterocycles. The molecule has 0 aliphatic carbocycles. The molecule has 23 heavy (non-hydrogen) atoms. The first kappa shape index (κ1) is 17.5. The summed E-state index contributed by atoms with van der Waals surface area (Å²) in [6.07, 6.45) is 1.82. The van der Waals surface area contributed by atoms with Crippen molar-refractivity contribution in [2.75, 3.05) is 19.6 Å². The predicted molar refractivity (Wildman–Crippen MR) is 94.4 cm³/mol. The minimum atomic E-state index is -0.309. The Morgan fingerprint density at radius 2 is 2.13 bits per heavy atom. The molecule has 0 saturated carbocycles. The van der Waals surface area contributed by atoms with Crippen LogP contribution in [0.15, 0.2) is 35.1 Å². The monoisotopic (exact) mass is 335 g/mol. The Kier molecular flexibility index (Phi) is 5.80. The van der Waals surface area contributed by atoms with Crippen LogP contribution < -0.4 is 10.9 Å². The van der Waals surface area contributed by atoms with Crippen LogP contribution in [0.2, 0.25) is 0 Å². The smallest absolute Gasteiger partial charge is 0.261 e. The van der Waals surface area contributed by atoms with Gasteiger partial charge in [-0.1, -0.05) is 25.1 Å². The van der Waals surface area contributed by atoms with Crippen molar-refractivity contribution in [3.8, 4) is 0 Å². The van der Waals surface area contributed by atoms with E-state index in [9.17, 15) is 9.59 Å². The van der Waals surface area contributed by atoms with E-state index in [2.05, 4.69) is 10.3 Å². The third-order valence-electron chi connectivity index (χ3n) is 4.18. The van der Waals surface area contributed by atoms with Crippen molar-refractivity contribution < 1.29 is 4.79 Å². The predicted octanol–water partition coefficient (Wildman–Crippen LogP) is 2.16. The molecule has 6 heteroatoms. The van der Waals surface area contributed by atoms with Crippen LogP contribution in [-0.2, 0) is 0 Å². The molecule has 2 N–H and O–H groups in total. The fourth-order valence-corrected chi connectivity index (χ4v) is 3.06. The molecule has 1 atom stereocenters. The number of aromatic nitrogens is 1. The van der Waals surface area contributed by atoms with Crippen LogP contribution in [0.5, 0.6) is 0 Å². The highest BCUT2D eigenvalue weighted by atomic mass is 35.5. The summed E-state index contributed by atoms with van der Waals surface area (Å²) in [6.45, 7) is 4.45. The van der Waals surface area contributed by atoms with E-state index in [0.29, 0.717) is 6.54 Å². The molecule has 1 aromatic carbocycles. The summed E-state index contributed by atoms with van der Waals surface area (Å²) in [7, 11) is 0. The fourth-order valence-electron chi connectivity index (χ4n) is 3.06. The number of rotatable bonds is 4. The van der Waals surface area contributed by atoms with Gasteiger partial charge in [-0.2, -0.15) is 0 Å². The van der Waals surface area contributed by atoms with Gasteiger partial charge in [-0.05, 0) is 36.9 Å². The van der Waals surface area contributed by atoms with Gasteiger partial charge in [0.2, 0.25) is 0 Å². The lowest BCUT2D eigenvalue weighted by molar-refractivity contribution is 0.0690. The summed E-state index contributed by atoms with van der Waals surface area (Å²) in [5, 5.41) is 4.16. The van der Waals surface area contributed by atoms with Gasteiger partial charge in [-0.25, -0.2) is 0 Å². The van der Waals surface area contributed by atoms with E-state index in [0.717, 1.165) is 36.8 Å². The van der Waals surface area contributed by atoms with Gasteiger partial charge in [-0.3, -0.25) is 9.59 Å². The first-order chi connectivity index (χ1) is 10.7. The SMILES string of the molecule is CCCN(C(=O)c1cc2ccccc2[nH]c1=O)C1CCNC1.Cl. The van der Waals surface area contributed by atoms with Crippen LogP contribution in [0.4, 0.5) is 0 Å². The zero-order valence-electron chi connectivity index (χ0n) is 13.2. The number of carbonyl (C=O) groups excluding carboxylic acids is 1. The molecule has 1 fully saturated rings. The van der Waals surface area contributed by atoms with Gasteiger partial charge in [0.25, 0.3) is 11.5 Å². The zero-order valence-corrected chi connectivity index (χ0v) is 14.0. The average Bonchev–Trinajstić information content (AvgIpc) is 3.05. The van der Waals surface area contributed by atoms with Crippen molar-refractivity contribution in [1.82, 2.24) is 15.2 Å². The third kappa shape index (κ3) is 3.57. The van der Waals surface area contributed by atoms with Gasteiger partial charge in [-0.15, -0.1) is 12.4 Å². The molecule has 1 aliphatic rings. The van der Waals surface area contributed by atoms with Crippen molar-refractivity contribution in [1.29, 1.82) is 0 Å². The summed E-state index contributed by atoms with van der Waals surface area (Å²) >= 11 is 0. The Labute approximate surface area is 141 Å². The molecular weight excluding hydrogens is 314 g/mol. The van der Waals surface area contributed by atoms with Gasteiger partial charge in [0.15, 0.2) is 0 Å². The van der Waals surface area contributed by atoms with E-state index in [1.165, 1.54) is 0 Å². The Bertz CT molecular complexity index is 738. The second-order valence-corrected chi connectivity index (χ2v) is 5.74. The van der Waals surface area contributed by atoms with Crippen molar-refractivity contribution in [2.24, 2.45) is 0 Å². The highest BCUT2D eigenvalue weighted by Gasteiger charge is 2.28. The minimum absolute atomic E-state index is 0. The number of H-pyrrole nitrogens is 1. The lowest BCUT2D eigenvalue weighted by Gasteiger charge is -2.28. The van der Waals surface area contributed by atoms with Crippen molar-refractivity contribution >= 4 is 29.2 Å². The molecule has 1 aliphatic heterocycles. The average molecular weight is 336 g/mol. The van der Waals surface area contributed by atoms with E-state index in [4.69, 9.17) is 0 Å². The highest BCUT2D eigenvalue weighted by molar-refractivity contribution is 5.97. The van der Waals surface area contributed by atoms with Crippen LogP contribution in [-0.4, -0.2) is 41.5 Å². The van der Waals surface area contributed by atoms with E-state index < -0.39 is 0 Å². The third-order valence-corrected chi connectivity index (χ3v) is 4.18. The van der Waals surface area contributed by atoms with Crippen molar-refractivity contribution in [3.05, 3.63) is 46.2 Å². The first-order valence-electron chi connectivity index (χ1n) is 7.84. The van der Waals surface area contributed by atoms with Crippen LogP contribution in [0.3, 0.4) is 0 Å². The molecule has 124 valence electrons. The number of halogens is 1. The van der Waals surface area contributed by atoms with Gasteiger partial charge < -0.3 is 15.2 Å². The van der Waals surface area contributed by atoms with Gasteiger partial charge in [0.1, 0.15) is 5.56 Å². The van der Waals surface area contributed by atoms with Crippen LogP contribution in [0.1, 0.15) is 30.1 Å². The molecule has 0 radical (unpaired) electrons. The number of fused-ring (bicyclic) bond motifs is 1. The summed E-state index contributed by atoms with van der Waals surface area (Å²) in [5.74, 6) is -0.164. The quantitative estimate of drug-likeness (QED) is 0.900. The lowest BCUT2D eigenvalue weighted by atomic mass is 10.1. The first-order valence-corrected chi connectivity index (χ1v) is 7.84. The topological polar surface area (TPSA) is 65.2 Å². The maximum atomic E-state index is 12.9. The van der Waals surface area contributed by atoms with E-state index in [1.807, 2.05) is 36.1 Å². The summed E-state index contributed by atoms with van der Waals surface area (Å²) in [6, 6.07) is 9.41. The van der Waals surface area contributed by atoms with Crippen molar-refractivity contribution in [2.45, 2.75) is 25.8 Å². The molecule has 1 aromatic heterocycles. The van der Waals surface area contributed by atoms with Gasteiger partial charge in [0.05, 0.1) is 0 Å². The van der Waals surface area contributed by atoms with Crippen LogP contribution >= 0.6 is 12.4 Å². The van der Waals surface area contributed by atoms with E-state index >= 15 is 0 Å². The minimum Gasteiger partial charge on any atom is -0.334 e. The summed E-state index contributed by atoms with van der Waals surface area (Å²) in [5.41, 5.74) is 0.684. The molecular formula is C17H22ClN3O2. The Hall–Kier alpha value is -1.85. The Morgan fingerprint density at radius 1 is 1.35 bits per heavy atom. The largest absolute Gasteiger partial charge is 0.334 e. The number of nitrogens with one attached hydrogen (secondary N) is 2. The number of carbonyl (C=O) groups is 1. The molecule has 5 nitrogen and oxygen atoms in total. The number of para-hydroxylation sites is 1. The summed E-state index contributed by atoms with van der Waals surface area (Å²) in [4.78, 5) is 29.8. The van der Waals surface area contributed by atoms with E-state index in [1.54, 1.807) is 6.07 Å². The molecule has 0 spiro atoms. The zero-order chi connectivity index (χ0) is 15.5. The second-order valence-electron chi connectivity index (χ2n) is 5.74. The standard InChI is InChI=1S/C17H21N3O2.ClH/c1-2-9-20(13-7-8-18-11-13)17(22)14-10-12-5-3-4-6-15(12)19-16(14)21;/h3-6,10,13,18H,2,7-9,11H2,1H3,(H,19,21);1H. The fraction of sp³-hybridized carbons (Fsp3) is 0.412. The maximum Gasteiger partial charge on any atom is 0.261 e. The number of nitrogens with zero attached hydrogens (tertiary/aromatic N) is 1. The number of aromatic amines is 1. The number of pyridine rings is 1. The summed E-state index contributed by atoms with van der Waals surface area (Å²) < 4.78 is 0. The normalized spacial score (nSPS) is 17.0. The Balaban J connectivity index is 0.00000192. The van der Waals surface area contributed by atoms with Gasteiger partial charge >= 0.3 is 0 Å². The molecule has 1 amide bonds. The number of amides is 1. The molecule has 3 rings (SSSR count). The maximum absolute atomic E-state index is 12.9. The van der Waals surface area contributed by atoms with Crippen molar-refractivity contribution in [3.63, 3.8) is 0 Å². The second kappa shape index (κ2) is 7.62. The molecule has 0 bridgehead atoms.